The summed E-state index contributed by atoms with van der Waals surface area (Å²) >= 11 is 21.7. The van der Waals surface area contributed by atoms with Crippen LogP contribution in [-0.4, -0.2) is 39.4 Å². The maximum Gasteiger partial charge on any atom is 0.323 e. The molecule has 0 bridgehead atoms. The van der Waals surface area contributed by atoms with Crippen molar-refractivity contribution in [3.63, 3.8) is 0 Å². The van der Waals surface area contributed by atoms with Crippen LogP contribution in [0.3, 0.4) is 0 Å². The molecule has 1 aliphatic heterocycles. The molecule has 0 spiro atoms. The third-order valence-electron chi connectivity index (χ3n) is 4.16. The van der Waals surface area contributed by atoms with Crippen molar-refractivity contribution in [3.8, 4) is 11.5 Å². The molecule has 0 aromatic heterocycles. The van der Waals surface area contributed by atoms with Gasteiger partial charge in [0.25, 0.3) is 5.91 Å². The first-order chi connectivity index (χ1) is 15.2. The number of rotatable bonds is 8. The third kappa shape index (κ3) is 5.96. The SMILES string of the molecule is CCOc1cc(/C=C2/SC(=S)N(CC(=O)O)C2=O)cc(Br)c1OCc1ccc(Cl)c(Cl)c1. The molecule has 1 aliphatic rings. The van der Waals surface area contributed by atoms with E-state index in [0.29, 0.717) is 43.1 Å². The van der Waals surface area contributed by atoms with Crippen LogP contribution in [0.1, 0.15) is 18.1 Å². The summed E-state index contributed by atoms with van der Waals surface area (Å²) in [5.41, 5.74) is 1.50. The van der Waals surface area contributed by atoms with Crippen LogP contribution in [-0.2, 0) is 16.2 Å². The lowest BCUT2D eigenvalue weighted by Crippen LogP contribution is -2.33. The molecule has 1 fully saturated rings. The summed E-state index contributed by atoms with van der Waals surface area (Å²) in [7, 11) is 0. The Labute approximate surface area is 212 Å². The second-order valence-electron chi connectivity index (χ2n) is 6.46. The van der Waals surface area contributed by atoms with Gasteiger partial charge >= 0.3 is 5.97 Å². The van der Waals surface area contributed by atoms with Crippen LogP contribution in [0.15, 0.2) is 39.7 Å². The second-order valence-corrected chi connectivity index (χ2v) is 9.81. The molecule has 0 saturated carbocycles. The van der Waals surface area contributed by atoms with Crippen LogP contribution in [0.25, 0.3) is 6.08 Å². The molecule has 0 aliphatic carbocycles. The number of carbonyl (C=O) groups excluding carboxylic acids is 1. The Kier molecular flexibility index (Phi) is 8.46. The molecule has 2 aromatic carbocycles. The van der Waals surface area contributed by atoms with E-state index in [4.69, 9.17) is 50.0 Å². The number of halogens is 3. The number of amides is 1. The molecule has 6 nitrogen and oxygen atoms in total. The van der Waals surface area contributed by atoms with Gasteiger partial charge in [-0.05, 0) is 64.3 Å². The highest BCUT2D eigenvalue weighted by Crippen LogP contribution is 2.40. The maximum absolute atomic E-state index is 12.5. The highest BCUT2D eigenvalue weighted by molar-refractivity contribution is 9.10. The highest BCUT2D eigenvalue weighted by Gasteiger charge is 2.33. The zero-order valence-corrected chi connectivity index (χ0v) is 21.3. The van der Waals surface area contributed by atoms with Gasteiger partial charge in [-0.15, -0.1) is 0 Å². The van der Waals surface area contributed by atoms with Crippen LogP contribution in [0, 0.1) is 0 Å². The number of carboxylic acid groups (broad SMARTS) is 1. The van der Waals surface area contributed by atoms with E-state index >= 15 is 0 Å². The lowest BCUT2D eigenvalue weighted by molar-refractivity contribution is -0.140. The van der Waals surface area contributed by atoms with E-state index in [-0.39, 0.29) is 10.9 Å². The number of benzene rings is 2. The van der Waals surface area contributed by atoms with Crippen LogP contribution in [0.4, 0.5) is 0 Å². The number of hydrogen-bond acceptors (Lipinski definition) is 6. The number of ether oxygens (including phenoxy) is 2. The van der Waals surface area contributed by atoms with Crippen LogP contribution in [0.5, 0.6) is 11.5 Å². The molecule has 3 rings (SSSR count). The van der Waals surface area contributed by atoms with Crippen molar-refractivity contribution < 1.29 is 24.2 Å². The number of thioether (sulfide) groups is 1. The number of hydrogen-bond donors (Lipinski definition) is 1. The van der Waals surface area contributed by atoms with Gasteiger partial charge in [0.1, 0.15) is 17.5 Å². The number of thiocarbonyl (C=S) groups is 1. The monoisotopic (exact) mass is 575 g/mol. The topological polar surface area (TPSA) is 76.1 Å². The smallest absolute Gasteiger partial charge is 0.323 e. The fraction of sp³-hybridized carbons (Fsp3) is 0.190. The van der Waals surface area contributed by atoms with E-state index in [1.54, 1.807) is 30.3 Å². The first kappa shape index (κ1) is 24.9. The van der Waals surface area contributed by atoms with Gasteiger partial charge in [0.15, 0.2) is 11.5 Å². The Morgan fingerprint density at radius 1 is 1.25 bits per heavy atom. The quantitative estimate of drug-likeness (QED) is 0.304. The second kappa shape index (κ2) is 10.9. The summed E-state index contributed by atoms with van der Waals surface area (Å²) in [6, 6.07) is 8.75. The third-order valence-corrected chi connectivity index (χ3v) is 6.87. The van der Waals surface area contributed by atoms with E-state index in [2.05, 4.69) is 15.9 Å². The van der Waals surface area contributed by atoms with Crippen LogP contribution >= 0.6 is 63.1 Å². The molecule has 1 amide bonds. The fourth-order valence-electron chi connectivity index (χ4n) is 2.78. The van der Waals surface area contributed by atoms with Crippen molar-refractivity contribution in [2.24, 2.45) is 0 Å². The molecule has 32 heavy (non-hydrogen) atoms. The van der Waals surface area contributed by atoms with Gasteiger partial charge < -0.3 is 14.6 Å². The molecule has 1 N–H and O–H groups in total. The van der Waals surface area contributed by atoms with Crippen molar-refractivity contribution in [1.29, 1.82) is 0 Å². The zero-order chi connectivity index (χ0) is 23.4. The predicted molar refractivity (Wildman–Crippen MR) is 134 cm³/mol. The minimum absolute atomic E-state index is 0.203. The first-order valence-electron chi connectivity index (χ1n) is 9.19. The normalized spacial score (nSPS) is 14.9. The summed E-state index contributed by atoms with van der Waals surface area (Å²) in [5, 5.41) is 9.88. The standard InChI is InChI=1S/C21H16BrCl2NO5S2/c1-2-29-16-7-12(8-17-20(28)25(9-18(26)27)21(31)32-17)5-13(22)19(16)30-10-11-3-4-14(23)15(24)6-11/h3-8H,2,9-10H2,1H3,(H,26,27)/b17-8+. The van der Waals surface area contributed by atoms with Crippen LogP contribution < -0.4 is 9.47 Å². The Morgan fingerprint density at radius 3 is 2.66 bits per heavy atom. The number of aliphatic carboxylic acids is 1. The van der Waals surface area contributed by atoms with Crippen LogP contribution in [0.2, 0.25) is 10.0 Å². The summed E-state index contributed by atoms with van der Waals surface area (Å²) in [6.45, 7) is 2.01. The molecule has 2 aromatic rings. The van der Waals surface area contributed by atoms with Gasteiger partial charge in [-0.25, -0.2) is 0 Å². The zero-order valence-electron chi connectivity index (χ0n) is 16.6. The van der Waals surface area contributed by atoms with Crippen molar-refractivity contribution in [3.05, 3.63) is 60.9 Å². The molecule has 0 radical (unpaired) electrons. The molecular formula is C21H16BrCl2NO5S2. The minimum Gasteiger partial charge on any atom is -0.490 e. The highest BCUT2D eigenvalue weighted by atomic mass is 79.9. The summed E-state index contributed by atoms with van der Waals surface area (Å²) in [6.07, 6.45) is 1.64. The number of carbonyl (C=O) groups is 2. The van der Waals surface area contributed by atoms with Gasteiger partial charge in [0.05, 0.1) is 26.0 Å². The Balaban J connectivity index is 1.86. The van der Waals surface area contributed by atoms with E-state index in [0.717, 1.165) is 22.2 Å². The number of nitrogens with zero attached hydrogens (tertiary/aromatic N) is 1. The van der Waals surface area contributed by atoms with Gasteiger partial charge in [0.2, 0.25) is 0 Å². The lowest BCUT2D eigenvalue weighted by Gasteiger charge is -2.15. The Hall–Kier alpha value is -1.78. The predicted octanol–water partition coefficient (Wildman–Crippen LogP) is 6.02. The van der Waals surface area contributed by atoms with E-state index in [1.807, 2.05) is 13.0 Å². The van der Waals surface area contributed by atoms with E-state index < -0.39 is 18.4 Å². The molecule has 0 unspecified atom stereocenters. The Morgan fingerprint density at radius 2 is 2.00 bits per heavy atom. The van der Waals surface area contributed by atoms with Crippen molar-refractivity contribution in [2.45, 2.75) is 13.5 Å². The minimum atomic E-state index is -1.13. The molecular weight excluding hydrogens is 561 g/mol. The summed E-state index contributed by atoms with van der Waals surface area (Å²) in [5.74, 6) is -0.605. The maximum atomic E-state index is 12.5. The average Bonchev–Trinajstić information content (AvgIpc) is 2.97. The molecule has 0 atom stereocenters. The van der Waals surface area contributed by atoms with Gasteiger partial charge in [-0.2, -0.15) is 0 Å². The fourth-order valence-corrected chi connectivity index (χ4v) is 4.93. The summed E-state index contributed by atoms with van der Waals surface area (Å²) in [4.78, 5) is 24.9. The van der Waals surface area contributed by atoms with E-state index in [1.165, 1.54) is 0 Å². The largest absolute Gasteiger partial charge is 0.490 e. The van der Waals surface area contributed by atoms with Crippen molar-refractivity contribution in [2.75, 3.05) is 13.2 Å². The summed E-state index contributed by atoms with van der Waals surface area (Å²) < 4.78 is 12.5. The molecule has 1 heterocycles. The lowest BCUT2D eigenvalue weighted by atomic mass is 10.1. The van der Waals surface area contributed by atoms with Gasteiger partial charge in [-0.3, -0.25) is 14.5 Å². The molecule has 1 saturated heterocycles. The number of carboxylic acids is 1. The van der Waals surface area contributed by atoms with Gasteiger partial charge in [0, 0.05) is 0 Å². The first-order valence-corrected chi connectivity index (χ1v) is 12.0. The van der Waals surface area contributed by atoms with E-state index in [9.17, 15) is 9.59 Å². The van der Waals surface area contributed by atoms with Crippen molar-refractivity contribution >= 4 is 85.4 Å². The van der Waals surface area contributed by atoms with Gasteiger partial charge in [-0.1, -0.05) is 53.2 Å². The average molecular weight is 577 g/mol. The Bertz CT molecular complexity index is 1130. The van der Waals surface area contributed by atoms with Crippen molar-refractivity contribution in [1.82, 2.24) is 4.90 Å². The molecule has 11 heteroatoms. The molecule has 168 valence electrons.